The van der Waals surface area contributed by atoms with E-state index < -0.39 is 40.7 Å². The summed E-state index contributed by atoms with van der Waals surface area (Å²) < 4.78 is 4.92. The predicted octanol–water partition coefficient (Wildman–Crippen LogP) is 2.42. The van der Waals surface area contributed by atoms with Gasteiger partial charge in [-0.3, -0.25) is 14.4 Å². The molecule has 0 bridgehead atoms. The van der Waals surface area contributed by atoms with Gasteiger partial charge in [0, 0.05) is 29.3 Å². The molecule has 33 heavy (non-hydrogen) atoms. The molecule has 0 aliphatic heterocycles. The number of amides is 2. The highest BCUT2D eigenvalue weighted by Gasteiger charge is 2.42. The molecule has 2 unspecified atom stereocenters. The molecule has 3 N–H and O–H groups in total. The average Bonchev–Trinajstić information content (AvgIpc) is 3.17. The number of carbonyl (C=O) groups excluding carboxylic acids is 4. The Morgan fingerprint density at radius 1 is 1.09 bits per heavy atom. The lowest BCUT2D eigenvalue weighted by Crippen LogP contribution is -2.60. The van der Waals surface area contributed by atoms with Crippen molar-refractivity contribution in [1.82, 2.24) is 15.6 Å². The van der Waals surface area contributed by atoms with Crippen molar-refractivity contribution >= 4 is 47.1 Å². The second kappa shape index (κ2) is 10.4. The van der Waals surface area contributed by atoms with Crippen molar-refractivity contribution in [3.8, 4) is 0 Å². The van der Waals surface area contributed by atoms with Gasteiger partial charge in [0.05, 0.1) is 7.11 Å². The maximum atomic E-state index is 13.3. The van der Waals surface area contributed by atoms with E-state index in [1.165, 1.54) is 21.0 Å². The van der Waals surface area contributed by atoms with Crippen LogP contribution in [0.5, 0.6) is 0 Å². The maximum absolute atomic E-state index is 13.3. The zero-order chi connectivity index (χ0) is 25.0. The Kier molecular flexibility index (Phi) is 8.35. The van der Waals surface area contributed by atoms with Crippen molar-refractivity contribution in [1.29, 1.82) is 0 Å². The summed E-state index contributed by atoms with van der Waals surface area (Å²) in [6, 6.07) is 5.67. The van der Waals surface area contributed by atoms with Crippen molar-refractivity contribution in [2.45, 2.75) is 53.1 Å². The van der Waals surface area contributed by atoms with E-state index in [4.69, 9.17) is 4.74 Å². The van der Waals surface area contributed by atoms with E-state index in [1.54, 1.807) is 27.0 Å². The largest absolute Gasteiger partial charge is 0.467 e. The monoisotopic (exact) mass is 475 g/mol. The fourth-order valence-corrected chi connectivity index (χ4v) is 3.79. The van der Waals surface area contributed by atoms with E-state index in [1.807, 2.05) is 24.3 Å². The Morgan fingerprint density at radius 2 is 1.73 bits per heavy atom. The summed E-state index contributed by atoms with van der Waals surface area (Å²) in [6.45, 7) is 8.17. The minimum absolute atomic E-state index is 0.00199. The predicted molar refractivity (Wildman–Crippen MR) is 130 cm³/mol. The number of methoxy groups -OCH3 is 1. The number of hydrogen-bond acceptors (Lipinski definition) is 6. The first-order valence-corrected chi connectivity index (χ1v) is 11.3. The second-order valence-corrected chi connectivity index (χ2v) is 9.78. The number of benzene rings is 1. The molecular weight excluding hydrogens is 442 g/mol. The van der Waals surface area contributed by atoms with Crippen LogP contribution >= 0.6 is 12.6 Å². The van der Waals surface area contributed by atoms with Gasteiger partial charge in [0.1, 0.15) is 23.3 Å². The lowest BCUT2D eigenvalue weighted by Gasteiger charge is -2.34. The minimum Gasteiger partial charge on any atom is -0.467 e. The van der Waals surface area contributed by atoms with Crippen molar-refractivity contribution in [2.75, 3.05) is 12.9 Å². The number of ketones is 1. The Balaban J connectivity index is 2.29. The number of aromatic amines is 1. The molecule has 2 aromatic rings. The van der Waals surface area contributed by atoms with Crippen LogP contribution in [0.4, 0.5) is 0 Å². The van der Waals surface area contributed by atoms with E-state index in [9.17, 15) is 19.2 Å². The number of fused-ring (bicyclic) bond motifs is 1. The third kappa shape index (κ3) is 5.96. The van der Waals surface area contributed by atoms with Gasteiger partial charge in [-0.1, -0.05) is 39.0 Å². The van der Waals surface area contributed by atoms with Crippen LogP contribution in [0, 0.1) is 10.8 Å². The normalized spacial score (nSPS) is 15.2. The van der Waals surface area contributed by atoms with Crippen molar-refractivity contribution in [3.63, 3.8) is 0 Å². The number of rotatable bonds is 9. The minimum atomic E-state index is -1.38. The molecule has 0 fully saturated rings. The number of carbonyl (C=O) groups is 4. The molecule has 2 rings (SSSR count). The molecular formula is C24H33N3O5S. The molecule has 3 atom stereocenters. The third-order valence-electron chi connectivity index (χ3n) is 5.90. The molecule has 0 saturated heterocycles. The zero-order valence-corrected chi connectivity index (χ0v) is 20.8. The number of aromatic nitrogens is 1. The second-order valence-electron chi connectivity index (χ2n) is 9.47. The summed E-state index contributed by atoms with van der Waals surface area (Å²) in [7, 11) is 1.25. The van der Waals surface area contributed by atoms with Gasteiger partial charge < -0.3 is 20.4 Å². The molecule has 0 saturated carbocycles. The van der Waals surface area contributed by atoms with E-state index in [2.05, 4.69) is 28.2 Å². The summed E-state index contributed by atoms with van der Waals surface area (Å²) in [6.07, 6.45) is 2.00. The van der Waals surface area contributed by atoms with Crippen LogP contribution in [0.2, 0.25) is 0 Å². The number of H-pyrrole nitrogens is 1. The summed E-state index contributed by atoms with van der Waals surface area (Å²) in [5.74, 6) is -2.09. The third-order valence-corrected chi connectivity index (χ3v) is 6.53. The van der Waals surface area contributed by atoms with Crippen LogP contribution in [-0.4, -0.2) is 53.5 Å². The van der Waals surface area contributed by atoms with Crippen molar-refractivity contribution in [3.05, 3.63) is 36.0 Å². The van der Waals surface area contributed by atoms with Gasteiger partial charge >= 0.3 is 5.97 Å². The van der Waals surface area contributed by atoms with E-state index >= 15 is 0 Å². The Labute approximate surface area is 199 Å². The first-order valence-electron chi connectivity index (χ1n) is 10.7. The number of hydrogen-bond donors (Lipinski definition) is 4. The quantitative estimate of drug-likeness (QED) is 0.252. The number of para-hydroxylation sites is 1. The average molecular weight is 476 g/mol. The molecule has 9 heteroatoms. The van der Waals surface area contributed by atoms with Crippen molar-refractivity contribution in [2.24, 2.45) is 10.8 Å². The van der Waals surface area contributed by atoms with Gasteiger partial charge in [-0.2, -0.15) is 12.6 Å². The van der Waals surface area contributed by atoms with Crippen LogP contribution in [0.1, 0.15) is 40.2 Å². The Hall–Kier alpha value is -2.81. The highest BCUT2D eigenvalue weighted by atomic mass is 32.1. The fraction of sp³-hybridized carbons (Fsp3) is 0.500. The van der Waals surface area contributed by atoms with Crippen LogP contribution in [0.15, 0.2) is 30.5 Å². The SMILES string of the molecule is COC(=O)C(Cc1c[nH]c2ccccc12)NC(=O)C(NC(=O)[C@@](C)(CS)C(C)=O)C(C)(C)C. The van der Waals surface area contributed by atoms with Gasteiger partial charge in [-0.25, -0.2) is 4.79 Å². The number of thiol groups is 1. The summed E-state index contributed by atoms with van der Waals surface area (Å²) >= 11 is 4.15. The van der Waals surface area contributed by atoms with Crippen LogP contribution in [0.25, 0.3) is 10.9 Å². The number of ether oxygens (including phenoxy) is 1. The fourth-order valence-electron chi connectivity index (χ4n) is 3.42. The number of esters is 1. The maximum Gasteiger partial charge on any atom is 0.328 e. The zero-order valence-electron chi connectivity index (χ0n) is 19.9. The molecule has 0 radical (unpaired) electrons. The summed E-state index contributed by atoms with van der Waals surface area (Å²) in [5.41, 5.74) is -0.317. The standard InChI is InChI=1S/C24H33N3O5S/c1-14(28)24(5,13-33)22(31)27-19(23(2,3)4)20(29)26-18(21(30)32-6)11-15-12-25-17-10-8-7-9-16(15)17/h7-10,12,18-19,25,33H,11,13H2,1-6H3,(H,26,29)(H,27,31)/t18?,19?,24-/m0/s1. The molecule has 0 aliphatic rings. The molecule has 2 amide bonds. The van der Waals surface area contributed by atoms with E-state index in [-0.39, 0.29) is 18.0 Å². The van der Waals surface area contributed by atoms with Crippen LogP contribution in [0.3, 0.4) is 0 Å². The molecule has 8 nitrogen and oxygen atoms in total. The van der Waals surface area contributed by atoms with Gasteiger partial charge in [0.25, 0.3) is 0 Å². The van der Waals surface area contributed by atoms with Gasteiger partial charge in [0.2, 0.25) is 11.8 Å². The molecule has 180 valence electrons. The summed E-state index contributed by atoms with van der Waals surface area (Å²) in [5, 5.41) is 6.37. The molecule has 0 spiro atoms. The Morgan fingerprint density at radius 3 is 2.27 bits per heavy atom. The van der Waals surface area contributed by atoms with Crippen LogP contribution < -0.4 is 10.6 Å². The van der Waals surface area contributed by atoms with E-state index in [0.717, 1.165) is 16.5 Å². The molecule has 0 aliphatic carbocycles. The van der Waals surface area contributed by atoms with Crippen molar-refractivity contribution < 1.29 is 23.9 Å². The van der Waals surface area contributed by atoms with Gasteiger partial charge in [-0.15, -0.1) is 0 Å². The molecule has 1 aromatic carbocycles. The number of Topliss-reactive ketones (excluding diaryl/α,β-unsaturated/α-hetero) is 1. The highest BCUT2D eigenvalue weighted by molar-refractivity contribution is 7.80. The topological polar surface area (TPSA) is 117 Å². The van der Waals surface area contributed by atoms with Gasteiger partial charge in [-0.05, 0) is 30.9 Å². The highest BCUT2D eigenvalue weighted by Crippen LogP contribution is 2.25. The number of nitrogens with one attached hydrogen (secondary N) is 3. The summed E-state index contributed by atoms with van der Waals surface area (Å²) in [4.78, 5) is 53.9. The van der Waals surface area contributed by atoms with Crippen LogP contribution in [-0.2, 0) is 30.3 Å². The first-order chi connectivity index (χ1) is 15.3. The van der Waals surface area contributed by atoms with Gasteiger partial charge in [0.15, 0.2) is 0 Å². The lowest BCUT2D eigenvalue weighted by molar-refractivity contribution is -0.146. The molecule has 1 aromatic heterocycles. The van der Waals surface area contributed by atoms with E-state index in [0.29, 0.717) is 0 Å². The lowest BCUT2D eigenvalue weighted by atomic mass is 9.83. The smallest absolute Gasteiger partial charge is 0.328 e. The molecule has 1 heterocycles. The first kappa shape index (κ1) is 26.4. The Bertz CT molecular complexity index is 1040.